The number of aryl methyl sites for hydroxylation is 1. The van der Waals surface area contributed by atoms with Gasteiger partial charge in [0.15, 0.2) is 11.5 Å². The SMILES string of the molecule is O=C(CCCc1nc2ccccc2s1)NCCN1C(=O)SC(=Cc2ccc3c(c2)OCO3)C1=O. The van der Waals surface area contributed by atoms with Gasteiger partial charge in [0, 0.05) is 19.5 Å². The van der Waals surface area contributed by atoms with Crippen molar-refractivity contribution in [3.05, 3.63) is 57.9 Å². The average molecular weight is 496 g/mol. The summed E-state index contributed by atoms with van der Waals surface area (Å²) in [5.41, 5.74) is 1.73. The Bertz CT molecular complexity index is 1270. The van der Waals surface area contributed by atoms with Gasteiger partial charge in [-0.05, 0) is 60.5 Å². The van der Waals surface area contributed by atoms with E-state index in [0.717, 1.165) is 43.9 Å². The van der Waals surface area contributed by atoms with E-state index in [-0.39, 0.29) is 36.9 Å². The van der Waals surface area contributed by atoms with Crippen molar-refractivity contribution in [1.82, 2.24) is 15.2 Å². The molecule has 174 valence electrons. The number of carbonyl (C=O) groups excluding carboxylic acids is 3. The Kier molecular flexibility index (Phi) is 6.50. The standard InChI is InChI=1S/C24H21N3O5S2/c28-21(6-3-7-22-26-16-4-1-2-5-19(16)33-22)25-10-11-27-23(29)20(34-24(27)30)13-15-8-9-17-18(12-15)32-14-31-17/h1-2,4-5,8-9,12-13H,3,6-7,10-11,14H2,(H,25,28). The number of aromatic nitrogens is 1. The largest absolute Gasteiger partial charge is 0.454 e. The second-order valence-corrected chi connectivity index (χ2v) is 9.83. The van der Waals surface area contributed by atoms with Crippen LogP contribution in [0.4, 0.5) is 4.79 Å². The van der Waals surface area contributed by atoms with E-state index < -0.39 is 0 Å². The lowest BCUT2D eigenvalue weighted by molar-refractivity contribution is -0.124. The molecule has 0 radical (unpaired) electrons. The maximum absolute atomic E-state index is 12.7. The van der Waals surface area contributed by atoms with E-state index in [1.807, 2.05) is 24.3 Å². The fourth-order valence-electron chi connectivity index (χ4n) is 3.67. The Hall–Kier alpha value is -3.37. The smallest absolute Gasteiger partial charge is 0.293 e. The van der Waals surface area contributed by atoms with Crippen molar-refractivity contribution in [3.63, 3.8) is 0 Å². The van der Waals surface area contributed by atoms with Crippen LogP contribution in [0.25, 0.3) is 16.3 Å². The number of para-hydroxylation sites is 1. The van der Waals surface area contributed by atoms with Crippen LogP contribution in [-0.2, 0) is 16.0 Å². The fraction of sp³-hybridized carbons (Fsp3) is 0.250. The van der Waals surface area contributed by atoms with Crippen LogP contribution >= 0.6 is 23.1 Å². The monoisotopic (exact) mass is 495 g/mol. The highest BCUT2D eigenvalue weighted by molar-refractivity contribution is 8.18. The highest BCUT2D eigenvalue weighted by atomic mass is 32.2. The number of hydrogen-bond acceptors (Lipinski definition) is 8. The van der Waals surface area contributed by atoms with E-state index in [2.05, 4.69) is 10.3 Å². The van der Waals surface area contributed by atoms with Crippen LogP contribution in [0.5, 0.6) is 11.5 Å². The van der Waals surface area contributed by atoms with Crippen molar-refractivity contribution in [2.24, 2.45) is 0 Å². The highest BCUT2D eigenvalue weighted by Gasteiger charge is 2.34. The first-order valence-corrected chi connectivity index (χ1v) is 12.5. The predicted octanol–water partition coefficient (Wildman–Crippen LogP) is 4.20. The molecule has 5 rings (SSSR count). The zero-order valence-corrected chi connectivity index (χ0v) is 19.7. The minimum Gasteiger partial charge on any atom is -0.454 e. The first-order chi connectivity index (χ1) is 16.6. The normalized spacial score (nSPS) is 16.1. The molecule has 0 aliphatic carbocycles. The lowest BCUT2D eigenvalue weighted by atomic mass is 10.2. The first-order valence-electron chi connectivity index (χ1n) is 10.8. The van der Waals surface area contributed by atoms with E-state index >= 15 is 0 Å². The first kappa shape index (κ1) is 22.4. The van der Waals surface area contributed by atoms with Crippen molar-refractivity contribution < 1.29 is 23.9 Å². The number of thiazole rings is 1. The molecule has 3 amide bonds. The zero-order valence-electron chi connectivity index (χ0n) is 18.1. The summed E-state index contributed by atoms with van der Waals surface area (Å²) in [7, 11) is 0. The Morgan fingerprint density at radius 2 is 2.00 bits per heavy atom. The van der Waals surface area contributed by atoms with Gasteiger partial charge in [-0.15, -0.1) is 11.3 Å². The number of thioether (sulfide) groups is 1. The number of hydrogen-bond donors (Lipinski definition) is 1. The molecule has 0 unspecified atom stereocenters. The number of rotatable bonds is 8. The number of fused-ring (bicyclic) bond motifs is 2. The van der Waals surface area contributed by atoms with Crippen LogP contribution in [-0.4, -0.2) is 46.8 Å². The molecule has 10 heteroatoms. The molecule has 1 aromatic heterocycles. The maximum atomic E-state index is 12.7. The van der Waals surface area contributed by atoms with Gasteiger partial charge in [-0.25, -0.2) is 4.98 Å². The second-order valence-electron chi connectivity index (χ2n) is 7.72. The van der Waals surface area contributed by atoms with Gasteiger partial charge in [-0.1, -0.05) is 18.2 Å². The van der Waals surface area contributed by atoms with Crippen LogP contribution in [0, 0.1) is 0 Å². The molecule has 2 aliphatic rings. The van der Waals surface area contributed by atoms with E-state index in [1.165, 1.54) is 0 Å². The molecule has 0 saturated carbocycles. The maximum Gasteiger partial charge on any atom is 0.293 e. The van der Waals surface area contributed by atoms with Gasteiger partial charge in [0.1, 0.15) is 0 Å². The quantitative estimate of drug-likeness (QED) is 0.468. The molecule has 8 nitrogen and oxygen atoms in total. The van der Waals surface area contributed by atoms with Gasteiger partial charge in [-0.2, -0.15) is 0 Å². The molecule has 3 aromatic rings. The van der Waals surface area contributed by atoms with Gasteiger partial charge in [0.25, 0.3) is 11.1 Å². The summed E-state index contributed by atoms with van der Waals surface area (Å²) in [5, 5.41) is 3.46. The molecule has 0 spiro atoms. The fourth-order valence-corrected chi connectivity index (χ4v) is 5.54. The number of amides is 3. The van der Waals surface area contributed by atoms with E-state index in [4.69, 9.17) is 9.47 Å². The summed E-state index contributed by atoms with van der Waals surface area (Å²) in [5.74, 6) is 0.793. The number of ether oxygens (including phenoxy) is 2. The molecular weight excluding hydrogens is 474 g/mol. The topological polar surface area (TPSA) is 97.8 Å². The van der Waals surface area contributed by atoms with Crippen molar-refractivity contribution in [2.45, 2.75) is 19.3 Å². The molecule has 0 atom stereocenters. The summed E-state index contributed by atoms with van der Waals surface area (Å²) in [6, 6.07) is 13.3. The van der Waals surface area contributed by atoms with Crippen molar-refractivity contribution in [1.29, 1.82) is 0 Å². The summed E-state index contributed by atoms with van der Waals surface area (Å²) in [6.45, 7) is 0.519. The van der Waals surface area contributed by atoms with Crippen LogP contribution < -0.4 is 14.8 Å². The van der Waals surface area contributed by atoms with E-state index in [1.54, 1.807) is 35.6 Å². The Balaban J connectivity index is 1.08. The molecule has 1 saturated heterocycles. The summed E-state index contributed by atoms with van der Waals surface area (Å²) in [4.78, 5) is 43.3. The number of nitrogens with zero attached hydrogens (tertiary/aromatic N) is 2. The van der Waals surface area contributed by atoms with E-state index in [0.29, 0.717) is 29.2 Å². The summed E-state index contributed by atoms with van der Waals surface area (Å²) >= 11 is 2.54. The number of carbonyl (C=O) groups is 3. The van der Waals surface area contributed by atoms with Crippen LogP contribution in [0.1, 0.15) is 23.4 Å². The Morgan fingerprint density at radius 3 is 2.88 bits per heavy atom. The van der Waals surface area contributed by atoms with Crippen molar-refractivity contribution >= 4 is 56.4 Å². The molecule has 34 heavy (non-hydrogen) atoms. The molecule has 2 aliphatic heterocycles. The van der Waals surface area contributed by atoms with Crippen LogP contribution in [0.15, 0.2) is 47.4 Å². The van der Waals surface area contributed by atoms with Gasteiger partial charge in [0.2, 0.25) is 12.7 Å². The highest BCUT2D eigenvalue weighted by Crippen LogP contribution is 2.36. The Labute approximate surface area is 203 Å². The minimum atomic E-state index is -0.363. The van der Waals surface area contributed by atoms with Gasteiger partial charge in [0.05, 0.1) is 20.1 Å². The number of benzene rings is 2. The van der Waals surface area contributed by atoms with E-state index in [9.17, 15) is 14.4 Å². The third kappa shape index (κ3) is 4.92. The predicted molar refractivity (Wildman–Crippen MR) is 131 cm³/mol. The molecule has 0 bridgehead atoms. The lowest BCUT2D eigenvalue weighted by Gasteiger charge is -2.12. The molecule has 3 heterocycles. The number of nitrogens with one attached hydrogen (secondary N) is 1. The second kappa shape index (κ2) is 9.86. The van der Waals surface area contributed by atoms with Gasteiger partial charge < -0.3 is 14.8 Å². The lowest BCUT2D eigenvalue weighted by Crippen LogP contribution is -2.37. The number of imide groups is 1. The van der Waals surface area contributed by atoms with Gasteiger partial charge in [-0.3, -0.25) is 19.3 Å². The molecular formula is C24H21N3O5S2. The molecule has 1 fully saturated rings. The third-order valence-corrected chi connectivity index (χ3v) is 7.36. The Morgan fingerprint density at radius 1 is 1.15 bits per heavy atom. The molecule has 2 aromatic carbocycles. The van der Waals surface area contributed by atoms with Crippen molar-refractivity contribution in [2.75, 3.05) is 19.9 Å². The third-order valence-electron chi connectivity index (χ3n) is 5.36. The van der Waals surface area contributed by atoms with Gasteiger partial charge >= 0.3 is 0 Å². The minimum absolute atomic E-state index is 0.107. The summed E-state index contributed by atoms with van der Waals surface area (Å²) < 4.78 is 11.8. The summed E-state index contributed by atoms with van der Waals surface area (Å²) in [6.07, 6.45) is 3.45. The molecule has 1 N–H and O–H groups in total. The van der Waals surface area contributed by atoms with Crippen LogP contribution in [0.3, 0.4) is 0 Å². The van der Waals surface area contributed by atoms with Crippen LogP contribution in [0.2, 0.25) is 0 Å². The average Bonchev–Trinajstić information content (AvgIpc) is 3.52. The zero-order chi connectivity index (χ0) is 23.5. The van der Waals surface area contributed by atoms with Crippen molar-refractivity contribution in [3.8, 4) is 11.5 Å².